The third-order valence-electron chi connectivity index (χ3n) is 2.49. The summed E-state index contributed by atoms with van der Waals surface area (Å²) in [5.41, 5.74) is 4.17. The lowest BCUT2D eigenvalue weighted by atomic mass is 10.1. The van der Waals surface area contributed by atoms with E-state index in [2.05, 4.69) is 12.1 Å². The van der Waals surface area contributed by atoms with Gasteiger partial charge in [-0.3, -0.25) is 4.79 Å². The maximum atomic E-state index is 10.9. The van der Waals surface area contributed by atoms with Crippen LogP contribution in [0.3, 0.4) is 0 Å². The Morgan fingerprint density at radius 3 is 2.47 bits per heavy atom. The molecule has 0 bridgehead atoms. The van der Waals surface area contributed by atoms with Gasteiger partial charge in [0.25, 0.3) is 5.91 Å². The standard InChI is InChI=1S/C15H12ClNO2/c1-2-15(18)17-19-12-9-7-11(8-10-12)13-5-3-4-6-14(13)16/h2-10H,1H2,(H,17,18). The maximum Gasteiger partial charge on any atom is 0.276 e. The summed E-state index contributed by atoms with van der Waals surface area (Å²) in [4.78, 5) is 16.0. The quantitative estimate of drug-likeness (QED) is 0.683. The molecule has 0 aliphatic heterocycles. The van der Waals surface area contributed by atoms with Crippen LogP contribution in [0.5, 0.6) is 5.75 Å². The summed E-state index contributed by atoms with van der Waals surface area (Å²) < 4.78 is 0. The van der Waals surface area contributed by atoms with Crippen LogP contribution in [0.15, 0.2) is 61.2 Å². The average Bonchev–Trinajstić information content (AvgIpc) is 2.46. The number of hydrogen-bond donors (Lipinski definition) is 1. The van der Waals surface area contributed by atoms with Crippen molar-refractivity contribution in [1.82, 2.24) is 5.48 Å². The number of halogens is 1. The van der Waals surface area contributed by atoms with Gasteiger partial charge in [-0.25, -0.2) is 0 Å². The zero-order valence-corrected chi connectivity index (χ0v) is 10.9. The molecule has 0 spiro atoms. The fourth-order valence-electron chi connectivity index (χ4n) is 1.55. The van der Waals surface area contributed by atoms with Crippen LogP contribution in [-0.4, -0.2) is 5.91 Å². The first-order valence-electron chi connectivity index (χ1n) is 5.65. The van der Waals surface area contributed by atoms with Crippen molar-refractivity contribution in [2.45, 2.75) is 0 Å². The van der Waals surface area contributed by atoms with Crippen molar-refractivity contribution in [2.75, 3.05) is 0 Å². The van der Waals surface area contributed by atoms with Gasteiger partial charge >= 0.3 is 0 Å². The van der Waals surface area contributed by atoms with Gasteiger partial charge in [0.1, 0.15) is 0 Å². The second-order valence-electron chi connectivity index (χ2n) is 3.78. The molecule has 0 unspecified atom stereocenters. The van der Waals surface area contributed by atoms with Gasteiger partial charge in [0.2, 0.25) is 0 Å². The lowest BCUT2D eigenvalue weighted by Crippen LogP contribution is -2.24. The SMILES string of the molecule is C=CC(=O)NOc1ccc(-c2ccccc2Cl)cc1. The van der Waals surface area contributed by atoms with Crippen LogP contribution in [0.2, 0.25) is 5.02 Å². The zero-order valence-electron chi connectivity index (χ0n) is 10.1. The van der Waals surface area contributed by atoms with Crippen LogP contribution in [0.4, 0.5) is 0 Å². The molecule has 0 fully saturated rings. The number of carbonyl (C=O) groups excluding carboxylic acids is 1. The maximum absolute atomic E-state index is 10.9. The average molecular weight is 274 g/mol. The molecule has 0 heterocycles. The van der Waals surface area contributed by atoms with Crippen molar-refractivity contribution in [1.29, 1.82) is 0 Å². The Kier molecular flexibility index (Phi) is 4.21. The van der Waals surface area contributed by atoms with Crippen LogP contribution in [0.25, 0.3) is 11.1 Å². The number of nitrogens with one attached hydrogen (secondary N) is 1. The van der Waals surface area contributed by atoms with E-state index in [4.69, 9.17) is 16.4 Å². The minimum Gasteiger partial charge on any atom is -0.379 e. The van der Waals surface area contributed by atoms with Crippen molar-refractivity contribution < 1.29 is 9.63 Å². The lowest BCUT2D eigenvalue weighted by Gasteiger charge is -2.07. The molecular formula is C15H12ClNO2. The Labute approximate surface area is 116 Å². The third kappa shape index (κ3) is 3.36. The topological polar surface area (TPSA) is 38.3 Å². The number of carbonyl (C=O) groups is 1. The highest BCUT2D eigenvalue weighted by Gasteiger charge is 2.03. The Balaban J connectivity index is 2.13. The number of hydroxylamine groups is 1. The van der Waals surface area contributed by atoms with Crippen LogP contribution in [0.1, 0.15) is 0 Å². The monoisotopic (exact) mass is 273 g/mol. The smallest absolute Gasteiger partial charge is 0.276 e. The minimum absolute atomic E-state index is 0.393. The summed E-state index contributed by atoms with van der Waals surface area (Å²) in [5.74, 6) is 0.140. The van der Waals surface area contributed by atoms with E-state index in [1.165, 1.54) is 0 Å². The van der Waals surface area contributed by atoms with E-state index in [-0.39, 0.29) is 0 Å². The third-order valence-corrected chi connectivity index (χ3v) is 2.82. The van der Waals surface area contributed by atoms with Crippen LogP contribution < -0.4 is 10.3 Å². The van der Waals surface area contributed by atoms with Crippen LogP contribution in [0, 0.1) is 0 Å². The molecule has 0 aliphatic rings. The number of hydrogen-bond acceptors (Lipinski definition) is 2. The predicted molar refractivity (Wildman–Crippen MR) is 75.9 cm³/mol. The van der Waals surface area contributed by atoms with Gasteiger partial charge in [0.15, 0.2) is 5.75 Å². The van der Waals surface area contributed by atoms with E-state index >= 15 is 0 Å². The van der Waals surface area contributed by atoms with Gasteiger partial charge in [0.05, 0.1) is 0 Å². The van der Waals surface area contributed by atoms with Gasteiger partial charge in [-0.05, 0) is 29.8 Å². The fraction of sp³-hybridized carbons (Fsp3) is 0. The van der Waals surface area contributed by atoms with Crippen molar-refractivity contribution in [3.63, 3.8) is 0 Å². The van der Waals surface area contributed by atoms with E-state index in [0.29, 0.717) is 10.8 Å². The first-order valence-corrected chi connectivity index (χ1v) is 6.02. The van der Waals surface area contributed by atoms with E-state index in [1.807, 2.05) is 36.4 Å². The molecule has 3 nitrogen and oxygen atoms in total. The van der Waals surface area contributed by atoms with Crippen molar-refractivity contribution >= 4 is 17.5 Å². The zero-order chi connectivity index (χ0) is 13.7. The second kappa shape index (κ2) is 6.07. The van der Waals surface area contributed by atoms with Gasteiger partial charge in [0, 0.05) is 10.6 Å². The number of benzene rings is 2. The highest BCUT2D eigenvalue weighted by Crippen LogP contribution is 2.28. The molecule has 2 rings (SSSR count). The summed E-state index contributed by atoms with van der Waals surface area (Å²) in [6.07, 6.45) is 1.14. The predicted octanol–water partition coefficient (Wildman–Crippen LogP) is 3.60. The van der Waals surface area contributed by atoms with Gasteiger partial charge in [-0.2, -0.15) is 5.48 Å². The molecule has 0 radical (unpaired) electrons. The van der Waals surface area contributed by atoms with Gasteiger partial charge in [-0.1, -0.05) is 48.5 Å². The Morgan fingerprint density at radius 1 is 1.16 bits per heavy atom. The van der Waals surface area contributed by atoms with E-state index < -0.39 is 5.91 Å². The molecular weight excluding hydrogens is 262 g/mol. The molecule has 0 aromatic heterocycles. The van der Waals surface area contributed by atoms with Gasteiger partial charge < -0.3 is 4.84 Å². The number of rotatable bonds is 4. The summed E-state index contributed by atoms with van der Waals surface area (Å²) >= 11 is 6.12. The fourth-order valence-corrected chi connectivity index (χ4v) is 1.79. The Morgan fingerprint density at radius 2 is 1.84 bits per heavy atom. The molecule has 4 heteroatoms. The number of amides is 1. The normalized spacial score (nSPS) is 9.74. The highest BCUT2D eigenvalue weighted by atomic mass is 35.5. The van der Waals surface area contributed by atoms with Crippen LogP contribution in [-0.2, 0) is 4.79 Å². The summed E-state index contributed by atoms with van der Waals surface area (Å²) in [5, 5.41) is 0.691. The molecule has 2 aromatic rings. The molecule has 1 amide bonds. The van der Waals surface area contributed by atoms with Crippen molar-refractivity contribution in [2.24, 2.45) is 0 Å². The van der Waals surface area contributed by atoms with Crippen molar-refractivity contribution in [3.8, 4) is 16.9 Å². The summed E-state index contributed by atoms with van der Waals surface area (Å²) in [7, 11) is 0. The lowest BCUT2D eigenvalue weighted by molar-refractivity contribution is -0.122. The Bertz CT molecular complexity index is 593. The molecule has 0 saturated heterocycles. The molecule has 2 aromatic carbocycles. The summed E-state index contributed by atoms with van der Waals surface area (Å²) in [6.45, 7) is 3.33. The van der Waals surface area contributed by atoms with E-state index in [1.54, 1.807) is 12.1 Å². The molecule has 1 N–H and O–H groups in total. The minimum atomic E-state index is -0.393. The molecule has 96 valence electrons. The largest absolute Gasteiger partial charge is 0.379 e. The molecule has 0 atom stereocenters. The second-order valence-corrected chi connectivity index (χ2v) is 4.18. The van der Waals surface area contributed by atoms with Crippen molar-refractivity contribution in [3.05, 3.63) is 66.2 Å². The van der Waals surface area contributed by atoms with E-state index in [9.17, 15) is 4.79 Å². The summed E-state index contributed by atoms with van der Waals surface area (Å²) in [6, 6.07) is 14.8. The first-order chi connectivity index (χ1) is 9.20. The molecule has 0 aliphatic carbocycles. The Hall–Kier alpha value is -2.26. The van der Waals surface area contributed by atoms with Gasteiger partial charge in [-0.15, -0.1) is 0 Å². The van der Waals surface area contributed by atoms with Crippen LogP contribution >= 0.6 is 11.6 Å². The molecule has 19 heavy (non-hydrogen) atoms. The first kappa shape index (κ1) is 13.2. The molecule has 0 saturated carbocycles. The highest BCUT2D eigenvalue weighted by molar-refractivity contribution is 6.33. The van der Waals surface area contributed by atoms with E-state index in [0.717, 1.165) is 17.2 Å².